The molecule has 0 spiro atoms. The van der Waals surface area contributed by atoms with Crippen molar-refractivity contribution in [2.45, 2.75) is 51.7 Å². The van der Waals surface area contributed by atoms with Gasteiger partial charge in [-0.2, -0.15) is 0 Å². The Bertz CT molecular complexity index is 302. The Morgan fingerprint density at radius 3 is 2.17 bits per heavy atom. The lowest BCUT2D eigenvalue weighted by Crippen LogP contribution is -2.10. The molecule has 3 nitrogen and oxygen atoms in total. The van der Waals surface area contributed by atoms with Gasteiger partial charge in [0.2, 0.25) is 6.29 Å². The number of alkyl halides is 1. The monoisotopic (exact) mass is 274 g/mol. The van der Waals surface area contributed by atoms with Gasteiger partial charge in [0.15, 0.2) is 5.76 Å². The molecule has 0 aromatic carbocycles. The minimum Gasteiger partial charge on any atom is -0.459 e. The molecule has 1 aromatic heterocycles. The van der Waals surface area contributed by atoms with Crippen LogP contribution in [0.5, 0.6) is 0 Å². The average Bonchev–Trinajstić information content (AvgIpc) is 2.86. The first-order valence-corrected chi connectivity index (χ1v) is 7.23. The van der Waals surface area contributed by atoms with Crippen LogP contribution in [0, 0.1) is 0 Å². The highest BCUT2D eigenvalue weighted by molar-refractivity contribution is 6.16. The van der Waals surface area contributed by atoms with Crippen LogP contribution >= 0.6 is 11.6 Å². The van der Waals surface area contributed by atoms with E-state index in [9.17, 15) is 0 Å². The highest BCUT2D eigenvalue weighted by atomic mass is 35.5. The summed E-state index contributed by atoms with van der Waals surface area (Å²) in [7, 11) is 0. The maximum atomic E-state index is 5.72. The first-order chi connectivity index (χ1) is 8.81. The van der Waals surface area contributed by atoms with Crippen LogP contribution in [-0.4, -0.2) is 13.2 Å². The van der Waals surface area contributed by atoms with Crippen molar-refractivity contribution in [3.8, 4) is 0 Å². The molecular formula is C14H23ClO3. The first kappa shape index (κ1) is 15.5. The lowest BCUT2D eigenvalue weighted by Gasteiger charge is -2.16. The standard InChI is InChI=1S/C14H23ClO3/c1-3-5-9-16-14(17-10-6-4-2)13-8-7-12(11-15)18-13/h7-8,14H,3-6,9-11H2,1-2H3. The van der Waals surface area contributed by atoms with Crippen molar-refractivity contribution in [2.24, 2.45) is 0 Å². The lowest BCUT2D eigenvalue weighted by molar-refractivity contribution is -0.158. The summed E-state index contributed by atoms with van der Waals surface area (Å²) in [6.45, 7) is 5.64. The molecule has 1 aromatic rings. The second-order valence-corrected chi connectivity index (χ2v) is 4.49. The first-order valence-electron chi connectivity index (χ1n) is 6.69. The molecule has 1 rings (SSSR count). The predicted molar refractivity (Wildman–Crippen MR) is 72.7 cm³/mol. The van der Waals surface area contributed by atoms with Gasteiger partial charge in [-0.05, 0) is 25.0 Å². The zero-order chi connectivity index (χ0) is 13.2. The third kappa shape index (κ3) is 5.42. The van der Waals surface area contributed by atoms with Gasteiger partial charge < -0.3 is 13.9 Å². The van der Waals surface area contributed by atoms with Gasteiger partial charge in [0.1, 0.15) is 5.76 Å². The molecular weight excluding hydrogens is 252 g/mol. The van der Waals surface area contributed by atoms with E-state index < -0.39 is 6.29 Å². The van der Waals surface area contributed by atoms with E-state index in [4.69, 9.17) is 25.5 Å². The molecule has 0 aliphatic rings. The van der Waals surface area contributed by atoms with Crippen molar-refractivity contribution in [3.63, 3.8) is 0 Å². The second kappa shape index (κ2) is 9.42. The number of unbranched alkanes of at least 4 members (excludes halogenated alkanes) is 2. The van der Waals surface area contributed by atoms with Gasteiger partial charge in [0, 0.05) is 0 Å². The van der Waals surface area contributed by atoms with Crippen LogP contribution in [0.3, 0.4) is 0 Å². The Balaban J connectivity index is 2.51. The van der Waals surface area contributed by atoms with Crippen LogP contribution in [0.4, 0.5) is 0 Å². The summed E-state index contributed by atoms with van der Waals surface area (Å²) in [5, 5.41) is 0. The lowest BCUT2D eigenvalue weighted by atomic mass is 10.3. The molecule has 0 aliphatic carbocycles. The zero-order valence-corrected chi connectivity index (χ0v) is 12.0. The van der Waals surface area contributed by atoms with Crippen molar-refractivity contribution in [3.05, 3.63) is 23.7 Å². The summed E-state index contributed by atoms with van der Waals surface area (Å²) in [6, 6.07) is 3.74. The molecule has 0 amide bonds. The predicted octanol–water partition coefficient (Wildman–Crippen LogP) is 4.65. The molecule has 18 heavy (non-hydrogen) atoms. The normalized spacial score (nSPS) is 11.3. The molecule has 0 bridgehead atoms. The number of hydrogen-bond donors (Lipinski definition) is 0. The van der Waals surface area contributed by atoms with Crippen molar-refractivity contribution >= 4 is 11.6 Å². The third-order valence-electron chi connectivity index (χ3n) is 2.58. The molecule has 0 N–H and O–H groups in total. The van der Waals surface area contributed by atoms with E-state index in [1.807, 2.05) is 12.1 Å². The summed E-state index contributed by atoms with van der Waals surface area (Å²) in [5.41, 5.74) is 0. The van der Waals surface area contributed by atoms with E-state index in [0.29, 0.717) is 24.9 Å². The topological polar surface area (TPSA) is 31.6 Å². The maximum absolute atomic E-state index is 5.72. The summed E-state index contributed by atoms with van der Waals surface area (Å²) in [5.74, 6) is 1.82. The molecule has 0 fully saturated rings. The summed E-state index contributed by atoms with van der Waals surface area (Å²) < 4.78 is 17.0. The van der Waals surface area contributed by atoms with Crippen LogP contribution < -0.4 is 0 Å². The van der Waals surface area contributed by atoms with E-state index in [-0.39, 0.29) is 0 Å². The minimum atomic E-state index is -0.403. The van der Waals surface area contributed by atoms with Crippen LogP contribution in [0.25, 0.3) is 0 Å². The van der Waals surface area contributed by atoms with E-state index in [1.165, 1.54) is 0 Å². The van der Waals surface area contributed by atoms with Gasteiger partial charge >= 0.3 is 0 Å². The number of halogens is 1. The Morgan fingerprint density at radius 1 is 1.11 bits per heavy atom. The highest BCUT2D eigenvalue weighted by Gasteiger charge is 2.16. The molecule has 0 unspecified atom stereocenters. The van der Waals surface area contributed by atoms with Gasteiger partial charge in [0.25, 0.3) is 0 Å². The smallest absolute Gasteiger partial charge is 0.217 e. The maximum Gasteiger partial charge on any atom is 0.217 e. The summed E-state index contributed by atoms with van der Waals surface area (Å²) >= 11 is 5.72. The molecule has 0 radical (unpaired) electrons. The molecule has 0 aliphatic heterocycles. The molecule has 4 heteroatoms. The van der Waals surface area contributed by atoms with E-state index >= 15 is 0 Å². The Hall–Kier alpha value is -0.510. The fraction of sp³-hybridized carbons (Fsp3) is 0.714. The molecule has 0 atom stereocenters. The highest BCUT2D eigenvalue weighted by Crippen LogP contribution is 2.23. The fourth-order valence-electron chi connectivity index (χ4n) is 1.47. The summed E-state index contributed by atoms with van der Waals surface area (Å²) in [4.78, 5) is 0. The Kier molecular flexibility index (Phi) is 8.14. The van der Waals surface area contributed by atoms with Crippen LogP contribution in [0.2, 0.25) is 0 Å². The second-order valence-electron chi connectivity index (χ2n) is 4.22. The number of ether oxygens (including phenoxy) is 2. The van der Waals surface area contributed by atoms with Crippen molar-refractivity contribution in [1.82, 2.24) is 0 Å². The largest absolute Gasteiger partial charge is 0.459 e. The zero-order valence-electron chi connectivity index (χ0n) is 11.3. The van der Waals surface area contributed by atoms with Gasteiger partial charge in [0.05, 0.1) is 19.1 Å². The minimum absolute atomic E-state index is 0.372. The van der Waals surface area contributed by atoms with Gasteiger partial charge in [-0.1, -0.05) is 26.7 Å². The third-order valence-corrected chi connectivity index (χ3v) is 2.84. The van der Waals surface area contributed by atoms with Crippen LogP contribution in [-0.2, 0) is 15.4 Å². The van der Waals surface area contributed by atoms with Gasteiger partial charge in [-0.3, -0.25) is 0 Å². The fourth-order valence-corrected chi connectivity index (χ4v) is 1.62. The average molecular weight is 275 g/mol. The van der Waals surface area contributed by atoms with E-state index in [0.717, 1.165) is 31.4 Å². The van der Waals surface area contributed by atoms with Gasteiger partial charge in [-0.15, -0.1) is 11.6 Å². The molecule has 104 valence electrons. The van der Waals surface area contributed by atoms with Gasteiger partial charge in [-0.25, -0.2) is 0 Å². The molecule has 1 heterocycles. The van der Waals surface area contributed by atoms with Crippen LogP contribution in [0.1, 0.15) is 57.3 Å². The van der Waals surface area contributed by atoms with E-state index in [2.05, 4.69) is 13.8 Å². The summed E-state index contributed by atoms with van der Waals surface area (Å²) in [6.07, 6.45) is 3.85. The Morgan fingerprint density at radius 2 is 1.72 bits per heavy atom. The Labute approximate surface area is 114 Å². The van der Waals surface area contributed by atoms with E-state index in [1.54, 1.807) is 0 Å². The number of hydrogen-bond acceptors (Lipinski definition) is 3. The van der Waals surface area contributed by atoms with Crippen molar-refractivity contribution in [1.29, 1.82) is 0 Å². The van der Waals surface area contributed by atoms with Crippen molar-refractivity contribution in [2.75, 3.05) is 13.2 Å². The number of furan rings is 1. The quantitative estimate of drug-likeness (QED) is 0.354. The number of rotatable bonds is 10. The van der Waals surface area contributed by atoms with Crippen LogP contribution in [0.15, 0.2) is 16.5 Å². The van der Waals surface area contributed by atoms with Crippen molar-refractivity contribution < 1.29 is 13.9 Å². The molecule has 0 saturated carbocycles. The molecule has 0 saturated heterocycles. The SMILES string of the molecule is CCCCOC(OCCCC)c1ccc(CCl)o1.